The van der Waals surface area contributed by atoms with Crippen molar-refractivity contribution in [1.29, 1.82) is 0 Å². The van der Waals surface area contributed by atoms with Crippen LogP contribution in [0.3, 0.4) is 0 Å². The third-order valence-electron chi connectivity index (χ3n) is 7.16. The first-order chi connectivity index (χ1) is 15.3. The lowest BCUT2D eigenvalue weighted by atomic mass is 9.83. The number of fused-ring (bicyclic) bond motifs is 6. The van der Waals surface area contributed by atoms with E-state index in [0.29, 0.717) is 18.6 Å². The largest absolute Gasteiger partial charge is 0.382 e. The Balaban J connectivity index is 1.47. The zero-order chi connectivity index (χ0) is 20.8. The molecule has 6 heteroatoms. The van der Waals surface area contributed by atoms with Crippen molar-refractivity contribution in [3.63, 3.8) is 0 Å². The van der Waals surface area contributed by atoms with Gasteiger partial charge < -0.3 is 15.5 Å². The van der Waals surface area contributed by atoms with Crippen LogP contribution in [-0.2, 0) is 11.2 Å². The fourth-order valence-electron chi connectivity index (χ4n) is 5.81. The molecule has 0 radical (unpaired) electrons. The van der Waals surface area contributed by atoms with Gasteiger partial charge in [-0.2, -0.15) is 0 Å². The SMILES string of the molecule is O=C1NCC2=C1[C@H]1c3ccccc3C=C(CCc3ncccn3)N1[C@@H]1CCCC[C@H]1N2. The number of carbonyl (C=O) groups excluding carboxylic acids is 1. The second-order valence-corrected chi connectivity index (χ2v) is 8.92. The Morgan fingerprint density at radius 3 is 2.77 bits per heavy atom. The molecule has 1 aromatic carbocycles. The molecule has 0 unspecified atom stereocenters. The van der Waals surface area contributed by atoms with E-state index in [9.17, 15) is 4.79 Å². The molecule has 6 nitrogen and oxygen atoms in total. The lowest BCUT2D eigenvalue weighted by Gasteiger charge is -2.47. The molecular formula is C25H27N5O. The van der Waals surface area contributed by atoms with Gasteiger partial charge in [-0.05, 0) is 42.5 Å². The summed E-state index contributed by atoms with van der Waals surface area (Å²) in [5, 5.41) is 6.87. The van der Waals surface area contributed by atoms with E-state index in [-0.39, 0.29) is 11.9 Å². The number of benzene rings is 1. The summed E-state index contributed by atoms with van der Waals surface area (Å²) in [5.41, 5.74) is 5.75. The molecule has 1 amide bonds. The van der Waals surface area contributed by atoms with E-state index in [4.69, 9.17) is 0 Å². The van der Waals surface area contributed by atoms with Crippen LogP contribution < -0.4 is 10.6 Å². The van der Waals surface area contributed by atoms with E-state index < -0.39 is 0 Å². The molecule has 3 atom stereocenters. The number of nitrogens with one attached hydrogen (secondary N) is 2. The normalized spacial score (nSPS) is 26.6. The van der Waals surface area contributed by atoms with E-state index in [1.807, 2.05) is 18.5 Å². The predicted octanol–water partition coefficient (Wildman–Crippen LogP) is 3.11. The Morgan fingerprint density at radius 2 is 1.87 bits per heavy atom. The number of allylic oxidation sites excluding steroid dienone is 1. The molecule has 4 aliphatic rings. The molecule has 0 bridgehead atoms. The third kappa shape index (κ3) is 3.12. The van der Waals surface area contributed by atoms with Crippen LogP contribution in [-0.4, -0.2) is 39.4 Å². The highest BCUT2D eigenvalue weighted by atomic mass is 16.2. The zero-order valence-corrected chi connectivity index (χ0v) is 17.6. The summed E-state index contributed by atoms with van der Waals surface area (Å²) in [5.74, 6) is 0.934. The van der Waals surface area contributed by atoms with Crippen LogP contribution in [0.25, 0.3) is 6.08 Å². The Morgan fingerprint density at radius 1 is 1.03 bits per heavy atom. The van der Waals surface area contributed by atoms with Gasteiger partial charge in [0.2, 0.25) is 0 Å². The first-order valence-electron chi connectivity index (χ1n) is 11.4. The van der Waals surface area contributed by atoms with Gasteiger partial charge >= 0.3 is 0 Å². The van der Waals surface area contributed by atoms with Crippen LogP contribution in [0.15, 0.2) is 59.7 Å². The standard InChI is InChI=1S/C25H27N5O/c31-25-23-20(15-28-25)29-19-8-3-4-9-21(19)30-17(10-11-22-26-12-5-13-27-22)14-16-6-1-2-7-18(16)24(23)30/h1-2,5-7,12-14,19,21,24,29H,3-4,8-11,15H2,(H,28,31)/t19-,21-,24-/m1/s1. The number of hydrogen-bond acceptors (Lipinski definition) is 5. The molecule has 6 rings (SSSR count). The molecule has 1 fully saturated rings. The minimum absolute atomic E-state index is 0.0361. The summed E-state index contributed by atoms with van der Waals surface area (Å²) >= 11 is 0. The molecule has 1 aliphatic carbocycles. The fourth-order valence-corrected chi connectivity index (χ4v) is 5.81. The molecule has 0 saturated heterocycles. The topological polar surface area (TPSA) is 70.2 Å². The van der Waals surface area contributed by atoms with Crippen molar-refractivity contribution in [1.82, 2.24) is 25.5 Å². The first-order valence-corrected chi connectivity index (χ1v) is 11.4. The van der Waals surface area contributed by atoms with E-state index in [1.54, 1.807) is 0 Å². The third-order valence-corrected chi connectivity index (χ3v) is 7.16. The summed E-state index contributed by atoms with van der Waals surface area (Å²) in [7, 11) is 0. The molecule has 2 aromatic rings. The van der Waals surface area contributed by atoms with Crippen LogP contribution >= 0.6 is 0 Å². The van der Waals surface area contributed by atoms with Crippen LogP contribution in [0.2, 0.25) is 0 Å². The smallest absolute Gasteiger partial charge is 0.251 e. The number of amides is 1. The summed E-state index contributed by atoms with van der Waals surface area (Å²) in [6.45, 7) is 0.612. The predicted molar refractivity (Wildman–Crippen MR) is 119 cm³/mol. The summed E-state index contributed by atoms with van der Waals surface area (Å²) in [6, 6.07) is 11.1. The van der Waals surface area contributed by atoms with Gasteiger partial charge in [0.1, 0.15) is 5.82 Å². The van der Waals surface area contributed by atoms with Crippen LogP contribution in [0.1, 0.15) is 55.1 Å². The summed E-state index contributed by atoms with van der Waals surface area (Å²) < 4.78 is 0. The zero-order valence-electron chi connectivity index (χ0n) is 17.6. The highest BCUT2D eigenvalue weighted by Gasteiger charge is 2.46. The number of hydrogen-bond donors (Lipinski definition) is 2. The fraction of sp³-hybridized carbons (Fsp3) is 0.400. The van der Waals surface area contributed by atoms with Crippen molar-refractivity contribution in [2.24, 2.45) is 0 Å². The van der Waals surface area contributed by atoms with Gasteiger partial charge in [0.25, 0.3) is 5.91 Å². The van der Waals surface area contributed by atoms with Gasteiger partial charge in [0, 0.05) is 42.3 Å². The first kappa shape index (κ1) is 18.6. The molecule has 0 spiro atoms. The summed E-state index contributed by atoms with van der Waals surface area (Å²) in [4.78, 5) is 24.5. The van der Waals surface area contributed by atoms with E-state index in [2.05, 4.69) is 55.8 Å². The number of aryl methyl sites for hydroxylation is 1. The maximum atomic E-state index is 13.0. The second-order valence-electron chi connectivity index (χ2n) is 8.92. The highest BCUT2D eigenvalue weighted by molar-refractivity contribution is 5.99. The average molecular weight is 414 g/mol. The lowest BCUT2D eigenvalue weighted by molar-refractivity contribution is -0.117. The van der Waals surface area contributed by atoms with E-state index >= 15 is 0 Å². The monoisotopic (exact) mass is 413 g/mol. The van der Waals surface area contributed by atoms with Crippen LogP contribution in [0.5, 0.6) is 0 Å². The molecule has 1 saturated carbocycles. The van der Waals surface area contributed by atoms with Crippen molar-refractivity contribution >= 4 is 12.0 Å². The van der Waals surface area contributed by atoms with Gasteiger partial charge in [-0.3, -0.25) is 4.79 Å². The molecule has 4 heterocycles. The van der Waals surface area contributed by atoms with Gasteiger partial charge in [0.15, 0.2) is 0 Å². The van der Waals surface area contributed by atoms with Crippen LogP contribution in [0.4, 0.5) is 0 Å². The Kier molecular flexibility index (Phi) is 4.51. The molecule has 2 N–H and O–H groups in total. The van der Waals surface area contributed by atoms with E-state index in [1.165, 1.54) is 29.7 Å². The number of aromatic nitrogens is 2. The average Bonchev–Trinajstić information content (AvgIpc) is 3.09. The second kappa shape index (κ2) is 7.52. The molecule has 31 heavy (non-hydrogen) atoms. The minimum atomic E-state index is -0.0361. The van der Waals surface area contributed by atoms with Crippen molar-refractivity contribution in [2.75, 3.05) is 6.54 Å². The van der Waals surface area contributed by atoms with Gasteiger partial charge in [-0.25, -0.2) is 9.97 Å². The van der Waals surface area contributed by atoms with Gasteiger partial charge in [0.05, 0.1) is 18.2 Å². The Labute approximate surface area is 182 Å². The maximum absolute atomic E-state index is 13.0. The highest BCUT2D eigenvalue weighted by Crippen LogP contribution is 2.47. The van der Waals surface area contributed by atoms with Crippen molar-refractivity contribution in [3.05, 3.63) is 76.6 Å². The molecule has 158 valence electrons. The number of carbonyl (C=O) groups is 1. The summed E-state index contributed by atoms with van der Waals surface area (Å²) in [6.07, 6.45) is 12.4. The van der Waals surface area contributed by atoms with Gasteiger partial charge in [-0.1, -0.05) is 37.1 Å². The van der Waals surface area contributed by atoms with E-state index in [0.717, 1.165) is 42.8 Å². The minimum Gasteiger partial charge on any atom is -0.382 e. The number of nitrogens with zero attached hydrogens (tertiary/aromatic N) is 3. The van der Waals surface area contributed by atoms with Crippen molar-refractivity contribution in [3.8, 4) is 0 Å². The van der Waals surface area contributed by atoms with Crippen molar-refractivity contribution in [2.45, 2.75) is 56.7 Å². The van der Waals surface area contributed by atoms with Crippen molar-refractivity contribution < 1.29 is 4.79 Å². The van der Waals surface area contributed by atoms with Gasteiger partial charge in [-0.15, -0.1) is 0 Å². The lowest BCUT2D eigenvalue weighted by Crippen LogP contribution is -2.51. The van der Waals surface area contributed by atoms with Crippen LogP contribution in [0, 0.1) is 0 Å². The molecule has 1 aromatic heterocycles. The molecular weight excluding hydrogens is 386 g/mol. The quantitative estimate of drug-likeness (QED) is 0.809. The molecule has 3 aliphatic heterocycles. The Bertz CT molecular complexity index is 1080. The maximum Gasteiger partial charge on any atom is 0.251 e. The Hall–Kier alpha value is -3.15. The number of rotatable bonds is 3.